The third-order valence-electron chi connectivity index (χ3n) is 5.29. The van der Waals surface area contributed by atoms with Crippen molar-refractivity contribution in [1.29, 1.82) is 0 Å². The van der Waals surface area contributed by atoms with E-state index in [1.54, 1.807) is 0 Å². The Morgan fingerprint density at radius 2 is 2.07 bits per heavy atom. The number of fused-ring (bicyclic) bond motifs is 2. The number of ketones is 1. The van der Waals surface area contributed by atoms with Crippen LogP contribution in [0, 0.1) is 5.92 Å². The number of Topliss-reactive ketones (excluding diaryl/α,β-unsaturated/α-hetero) is 1. The number of H-pyrrole nitrogens is 1. The summed E-state index contributed by atoms with van der Waals surface area (Å²) in [5.41, 5.74) is 2.88. The number of nitrogens with one attached hydrogen (secondary N) is 2. The molecule has 1 amide bonds. The molecule has 0 spiro atoms. The Bertz CT molecular complexity index is 963. The van der Waals surface area contributed by atoms with E-state index in [1.807, 2.05) is 25.1 Å². The summed E-state index contributed by atoms with van der Waals surface area (Å²) in [6, 6.07) is 9.44. The molecule has 2 unspecified atom stereocenters. The largest absolute Gasteiger partial charge is 0.371 e. The van der Waals surface area contributed by atoms with Crippen LogP contribution < -0.4 is 10.9 Å². The lowest BCUT2D eigenvalue weighted by atomic mass is 9.86. The zero-order chi connectivity index (χ0) is 19.0. The van der Waals surface area contributed by atoms with Crippen molar-refractivity contribution in [2.75, 3.05) is 13.2 Å². The van der Waals surface area contributed by atoms with Gasteiger partial charge in [-0.3, -0.25) is 14.4 Å². The number of aromatic nitrogens is 1. The first-order valence-corrected chi connectivity index (χ1v) is 9.30. The predicted molar refractivity (Wildman–Crippen MR) is 100 cm³/mol. The lowest BCUT2D eigenvalue weighted by molar-refractivity contribution is 0.0411. The van der Waals surface area contributed by atoms with Gasteiger partial charge in [0.05, 0.1) is 6.61 Å². The highest BCUT2D eigenvalue weighted by atomic mass is 16.5. The second-order valence-corrected chi connectivity index (χ2v) is 7.36. The Labute approximate surface area is 156 Å². The van der Waals surface area contributed by atoms with Crippen molar-refractivity contribution in [3.63, 3.8) is 0 Å². The highest BCUT2D eigenvalue weighted by Gasteiger charge is 2.26. The van der Waals surface area contributed by atoms with Crippen molar-refractivity contribution in [3.05, 3.63) is 68.6 Å². The molecule has 2 atom stereocenters. The third kappa shape index (κ3) is 3.45. The Morgan fingerprint density at radius 3 is 2.93 bits per heavy atom. The molecule has 140 valence electrons. The summed E-state index contributed by atoms with van der Waals surface area (Å²) in [5.74, 6) is -0.320. The predicted octanol–water partition coefficient (Wildman–Crippen LogP) is 2.18. The quantitative estimate of drug-likeness (QED) is 0.872. The van der Waals surface area contributed by atoms with Crippen molar-refractivity contribution < 1.29 is 14.3 Å². The van der Waals surface area contributed by atoms with Gasteiger partial charge in [0.1, 0.15) is 11.7 Å². The van der Waals surface area contributed by atoms with Crippen LogP contribution in [-0.2, 0) is 17.6 Å². The van der Waals surface area contributed by atoms with Gasteiger partial charge in [-0.15, -0.1) is 0 Å². The van der Waals surface area contributed by atoms with Crippen LogP contribution in [0.2, 0.25) is 0 Å². The molecule has 2 heterocycles. The molecule has 1 aromatic carbocycles. The SMILES string of the molecule is CC1CC(=O)c2cc(C(=O)NCC3OCCc4ccccc43)c(=O)[nH]c2C1. The van der Waals surface area contributed by atoms with Gasteiger partial charge in [-0.2, -0.15) is 0 Å². The molecule has 1 aliphatic carbocycles. The van der Waals surface area contributed by atoms with Crippen LogP contribution in [-0.4, -0.2) is 29.8 Å². The number of pyridine rings is 1. The number of rotatable bonds is 3. The Morgan fingerprint density at radius 1 is 1.26 bits per heavy atom. The summed E-state index contributed by atoms with van der Waals surface area (Å²) in [5, 5.41) is 2.79. The van der Waals surface area contributed by atoms with Gasteiger partial charge < -0.3 is 15.0 Å². The van der Waals surface area contributed by atoms with Crippen molar-refractivity contribution >= 4 is 11.7 Å². The van der Waals surface area contributed by atoms with Crippen molar-refractivity contribution in [2.24, 2.45) is 5.92 Å². The lowest BCUT2D eigenvalue weighted by Crippen LogP contribution is -2.36. The smallest absolute Gasteiger partial charge is 0.261 e. The first kappa shape index (κ1) is 17.7. The first-order valence-electron chi connectivity index (χ1n) is 9.30. The molecule has 0 fully saturated rings. The van der Waals surface area contributed by atoms with Gasteiger partial charge >= 0.3 is 0 Å². The fraction of sp³-hybridized carbons (Fsp3) is 0.381. The molecule has 0 saturated carbocycles. The standard InChI is InChI=1S/C21H22N2O4/c1-12-8-17-15(18(24)9-12)10-16(21(26)23-17)20(25)22-11-19-14-5-3-2-4-13(14)6-7-27-19/h2-5,10,12,19H,6-9,11H2,1H3,(H,22,25)(H,23,26). The number of hydrogen-bond donors (Lipinski definition) is 2. The van der Waals surface area contributed by atoms with Gasteiger partial charge in [-0.25, -0.2) is 0 Å². The van der Waals surface area contributed by atoms with Gasteiger partial charge in [0.2, 0.25) is 0 Å². The molecule has 27 heavy (non-hydrogen) atoms. The monoisotopic (exact) mass is 366 g/mol. The van der Waals surface area contributed by atoms with Crippen LogP contribution in [0.5, 0.6) is 0 Å². The maximum Gasteiger partial charge on any atom is 0.261 e. The van der Waals surface area contributed by atoms with E-state index in [9.17, 15) is 14.4 Å². The minimum absolute atomic E-state index is 0.0271. The summed E-state index contributed by atoms with van der Waals surface area (Å²) in [4.78, 5) is 39.9. The van der Waals surface area contributed by atoms with Gasteiger partial charge in [0.15, 0.2) is 5.78 Å². The lowest BCUT2D eigenvalue weighted by Gasteiger charge is -2.26. The van der Waals surface area contributed by atoms with Crippen LogP contribution >= 0.6 is 0 Å². The number of ether oxygens (including phenoxy) is 1. The zero-order valence-corrected chi connectivity index (χ0v) is 15.2. The second-order valence-electron chi connectivity index (χ2n) is 7.36. The Kier molecular flexibility index (Phi) is 4.66. The number of hydrogen-bond acceptors (Lipinski definition) is 4. The molecule has 2 N–H and O–H groups in total. The summed E-state index contributed by atoms with van der Waals surface area (Å²) >= 11 is 0. The zero-order valence-electron chi connectivity index (χ0n) is 15.2. The highest BCUT2D eigenvalue weighted by molar-refractivity contribution is 6.01. The van der Waals surface area contributed by atoms with E-state index < -0.39 is 11.5 Å². The van der Waals surface area contributed by atoms with E-state index in [0.29, 0.717) is 30.7 Å². The van der Waals surface area contributed by atoms with E-state index in [1.165, 1.54) is 11.6 Å². The summed E-state index contributed by atoms with van der Waals surface area (Å²) < 4.78 is 5.79. The van der Waals surface area contributed by atoms with Crippen LogP contribution in [0.3, 0.4) is 0 Å². The molecule has 6 heteroatoms. The molecular weight excluding hydrogens is 344 g/mol. The fourth-order valence-electron chi connectivity index (χ4n) is 3.92. The highest BCUT2D eigenvalue weighted by Crippen LogP contribution is 2.26. The maximum atomic E-state index is 12.6. The van der Waals surface area contributed by atoms with Crippen molar-refractivity contribution in [3.8, 4) is 0 Å². The fourth-order valence-corrected chi connectivity index (χ4v) is 3.92. The first-order chi connectivity index (χ1) is 13.0. The second kappa shape index (κ2) is 7.12. The average Bonchev–Trinajstić information content (AvgIpc) is 2.65. The number of aromatic amines is 1. The van der Waals surface area contributed by atoms with Crippen LogP contribution in [0.15, 0.2) is 35.1 Å². The van der Waals surface area contributed by atoms with Crippen molar-refractivity contribution in [1.82, 2.24) is 10.3 Å². The van der Waals surface area contributed by atoms with Crippen LogP contribution in [0.1, 0.15) is 57.0 Å². The molecule has 1 aromatic heterocycles. The van der Waals surface area contributed by atoms with E-state index in [4.69, 9.17) is 4.74 Å². The Balaban J connectivity index is 1.52. The number of benzene rings is 1. The van der Waals surface area contributed by atoms with E-state index >= 15 is 0 Å². The average molecular weight is 366 g/mol. The van der Waals surface area contributed by atoms with E-state index in [2.05, 4.69) is 16.4 Å². The van der Waals surface area contributed by atoms with Gasteiger partial charge in [-0.1, -0.05) is 31.2 Å². The third-order valence-corrected chi connectivity index (χ3v) is 5.29. The molecule has 2 aromatic rings. The molecule has 0 bridgehead atoms. The molecule has 6 nitrogen and oxygen atoms in total. The van der Waals surface area contributed by atoms with Crippen molar-refractivity contribution in [2.45, 2.75) is 32.3 Å². The number of carbonyl (C=O) groups excluding carboxylic acids is 2. The number of carbonyl (C=O) groups is 2. The van der Waals surface area contributed by atoms with E-state index in [-0.39, 0.29) is 29.9 Å². The molecule has 0 radical (unpaired) electrons. The van der Waals surface area contributed by atoms with Crippen LogP contribution in [0.4, 0.5) is 0 Å². The van der Waals surface area contributed by atoms with Crippen LogP contribution in [0.25, 0.3) is 0 Å². The summed E-state index contributed by atoms with van der Waals surface area (Å²) in [7, 11) is 0. The normalized spacial score (nSPS) is 21.3. The van der Waals surface area contributed by atoms with E-state index in [0.717, 1.165) is 12.0 Å². The minimum atomic E-state index is -0.489. The summed E-state index contributed by atoms with van der Waals surface area (Å²) in [6.45, 7) is 2.85. The topological polar surface area (TPSA) is 88.3 Å². The Hall–Kier alpha value is -2.73. The molecule has 2 aliphatic rings. The molecule has 1 aliphatic heterocycles. The minimum Gasteiger partial charge on any atom is -0.371 e. The van der Waals surface area contributed by atoms with Gasteiger partial charge in [-0.05, 0) is 36.0 Å². The van der Waals surface area contributed by atoms with Gasteiger partial charge in [0, 0.05) is 24.2 Å². The molecular formula is C21H22N2O4. The number of amides is 1. The molecule has 4 rings (SSSR count). The molecule has 0 saturated heterocycles. The maximum absolute atomic E-state index is 12.6. The van der Waals surface area contributed by atoms with Gasteiger partial charge in [0.25, 0.3) is 11.5 Å². The summed E-state index contributed by atoms with van der Waals surface area (Å²) in [6.07, 6.45) is 1.70.